The lowest BCUT2D eigenvalue weighted by atomic mass is 9.95. The number of carbonyl (C=O) groups excluding carboxylic acids is 1. The van der Waals surface area contributed by atoms with Crippen molar-refractivity contribution >= 4 is 29.0 Å². The average Bonchev–Trinajstić information content (AvgIpc) is 3.19. The van der Waals surface area contributed by atoms with E-state index >= 15 is 0 Å². The van der Waals surface area contributed by atoms with Crippen molar-refractivity contribution in [1.29, 1.82) is 0 Å². The minimum absolute atomic E-state index is 0.117. The van der Waals surface area contributed by atoms with Crippen LogP contribution in [0.1, 0.15) is 31.2 Å². The van der Waals surface area contributed by atoms with Crippen molar-refractivity contribution in [3.63, 3.8) is 0 Å². The van der Waals surface area contributed by atoms with Crippen LogP contribution in [0.2, 0.25) is 5.02 Å². The molecule has 0 atom stereocenters. The van der Waals surface area contributed by atoms with E-state index in [9.17, 15) is 4.79 Å². The molecular weight excluding hydrogens is 448 g/mol. The molecule has 7 nitrogen and oxygen atoms in total. The van der Waals surface area contributed by atoms with E-state index in [1.807, 2.05) is 42.6 Å². The largest absolute Gasteiger partial charge is 0.356 e. The van der Waals surface area contributed by atoms with Gasteiger partial charge in [-0.2, -0.15) is 9.61 Å². The molecule has 0 aliphatic carbocycles. The zero-order valence-corrected chi connectivity index (χ0v) is 21.1. The first-order valence-corrected chi connectivity index (χ1v) is 12.7. The van der Waals surface area contributed by atoms with E-state index in [0.717, 1.165) is 92.6 Å². The number of hydrogen-bond donors (Lipinski definition) is 0. The van der Waals surface area contributed by atoms with Crippen molar-refractivity contribution < 1.29 is 4.79 Å². The van der Waals surface area contributed by atoms with Gasteiger partial charge in [-0.05, 0) is 50.9 Å². The van der Waals surface area contributed by atoms with Crippen LogP contribution in [0.5, 0.6) is 0 Å². The number of hydrogen-bond acceptors (Lipinski definition) is 5. The van der Waals surface area contributed by atoms with E-state index in [0.29, 0.717) is 10.9 Å². The number of piperidine rings is 1. The van der Waals surface area contributed by atoms with Gasteiger partial charge in [-0.1, -0.05) is 30.7 Å². The lowest BCUT2D eigenvalue weighted by Gasteiger charge is -2.38. The first-order chi connectivity index (χ1) is 16.4. The quantitative estimate of drug-likeness (QED) is 0.564. The van der Waals surface area contributed by atoms with Crippen LogP contribution in [-0.2, 0) is 4.79 Å². The number of aromatic nitrogens is 3. The first-order valence-electron chi connectivity index (χ1n) is 12.3. The summed E-state index contributed by atoms with van der Waals surface area (Å²) in [5, 5.41) is 5.59. The van der Waals surface area contributed by atoms with Crippen molar-refractivity contribution in [1.82, 2.24) is 24.4 Å². The minimum atomic E-state index is 0.117. The van der Waals surface area contributed by atoms with Gasteiger partial charge in [0.2, 0.25) is 5.91 Å². The fraction of sp³-hybridized carbons (Fsp3) is 0.500. The summed E-state index contributed by atoms with van der Waals surface area (Å²) in [5.41, 5.74) is 4.87. The van der Waals surface area contributed by atoms with E-state index in [2.05, 4.69) is 27.7 Å². The predicted molar refractivity (Wildman–Crippen MR) is 137 cm³/mol. The van der Waals surface area contributed by atoms with E-state index in [-0.39, 0.29) is 5.92 Å². The van der Waals surface area contributed by atoms with Crippen molar-refractivity contribution in [3.8, 4) is 11.1 Å². The Balaban J connectivity index is 1.35. The standard InChI is InChI=1S/C26H33ClN6O/c1-4-30-13-15-32(16-14-30)26(34)21-9-11-31(12-10-21)23-17-18(2)28-25-24(19(3)29-33(23)25)20-5-7-22(27)8-6-20/h5-8,17,21H,4,9-16H2,1-3H3. The Bertz CT molecular complexity index is 1170. The van der Waals surface area contributed by atoms with Crippen LogP contribution in [0.25, 0.3) is 16.8 Å². The van der Waals surface area contributed by atoms with Crippen LogP contribution >= 0.6 is 11.6 Å². The Labute approximate surface area is 206 Å². The molecule has 2 aliphatic rings. The highest BCUT2D eigenvalue weighted by Crippen LogP contribution is 2.32. The van der Waals surface area contributed by atoms with Gasteiger partial charge in [0.15, 0.2) is 5.65 Å². The molecule has 34 heavy (non-hydrogen) atoms. The molecule has 0 spiro atoms. The van der Waals surface area contributed by atoms with Gasteiger partial charge in [-0.3, -0.25) is 4.79 Å². The zero-order chi connectivity index (χ0) is 23.8. The van der Waals surface area contributed by atoms with Crippen LogP contribution in [-0.4, -0.2) is 76.1 Å². The number of benzene rings is 1. The Morgan fingerprint density at radius 2 is 1.71 bits per heavy atom. The first kappa shape index (κ1) is 23.1. The Hall–Kier alpha value is -2.64. The highest BCUT2D eigenvalue weighted by molar-refractivity contribution is 6.30. The van der Waals surface area contributed by atoms with Gasteiger partial charge in [0, 0.05) is 67.5 Å². The summed E-state index contributed by atoms with van der Waals surface area (Å²) in [6.45, 7) is 12.7. The number of halogens is 1. The number of piperazine rings is 1. The molecule has 0 radical (unpaired) electrons. The van der Waals surface area contributed by atoms with Crippen molar-refractivity contribution in [2.24, 2.45) is 5.92 Å². The molecule has 2 aliphatic heterocycles. The van der Waals surface area contributed by atoms with E-state index in [1.165, 1.54) is 0 Å². The number of rotatable bonds is 4. The molecule has 3 aromatic rings. The van der Waals surface area contributed by atoms with E-state index < -0.39 is 0 Å². The smallest absolute Gasteiger partial charge is 0.225 e. The second-order valence-electron chi connectivity index (χ2n) is 9.48. The third-order valence-electron chi connectivity index (χ3n) is 7.31. The lowest BCUT2D eigenvalue weighted by molar-refractivity contribution is -0.137. The molecule has 180 valence electrons. The summed E-state index contributed by atoms with van der Waals surface area (Å²) in [7, 11) is 0. The molecule has 2 saturated heterocycles. The van der Waals surface area contributed by atoms with Crippen molar-refractivity contribution in [3.05, 3.63) is 46.7 Å². The molecule has 0 unspecified atom stereocenters. The number of likely N-dealkylation sites (N-methyl/N-ethyl adjacent to an activating group) is 1. The van der Waals surface area contributed by atoms with Crippen molar-refractivity contribution in [2.45, 2.75) is 33.6 Å². The SMILES string of the molecule is CCN1CCN(C(=O)C2CCN(c3cc(C)nc4c(-c5ccc(Cl)cc5)c(C)nn34)CC2)CC1. The minimum Gasteiger partial charge on any atom is -0.356 e. The summed E-state index contributed by atoms with van der Waals surface area (Å²) in [4.78, 5) is 24.8. The molecule has 0 saturated carbocycles. The zero-order valence-electron chi connectivity index (χ0n) is 20.3. The molecule has 5 rings (SSSR count). The van der Waals surface area contributed by atoms with Crippen LogP contribution in [0.15, 0.2) is 30.3 Å². The normalized spacial score (nSPS) is 18.1. The molecular formula is C26H33ClN6O. The summed E-state index contributed by atoms with van der Waals surface area (Å²) in [6.07, 6.45) is 1.75. The number of anilines is 1. The second-order valence-corrected chi connectivity index (χ2v) is 9.92. The van der Waals surface area contributed by atoms with Crippen LogP contribution in [0, 0.1) is 19.8 Å². The fourth-order valence-electron chi connectivity index (χ4n) is 5.30. The van der Waals surface area contributed by atoms with Gasteiger partial charge in [0.05, 0.1) is 5.69 Å². The maximum atomic E-state index is 13.1. The van der Waals surface area contributed by atoms with E-state index in [1.54, 1.807) is 0 Å². The van der Waals surface area contributed by atoms with E-state index in [4.69, 9.17) is 21.7 Å². The highest BCUT2D eigenvalue weighted by Gasteiger charge is 2.31. The summed E-state index contributed by atoms with van der Waals surface area (Å²) in [6, 6.07) is 9.96. The second kappa shape index (κ2) is 9.55. The average molecular weight is 481 g/mol. The third-order valence-corrected chi connectivity index (χ3v) is 7.56. The van der Waals surface area contributed by atoms with Gasteiger partial charge in [-0.25, -0.2) is 4.98 Å². The van der Waals surface area contributed by atoms with Gasteiger partial charge in [0.1, 0.15) is 5.82 Å². The third kappa shape index (κ3) is 4.39. The van der Waals surface area contributed by atoms with Crippen LogP contribution in [0.3, 0.4) is 0 Å². The Morgan fingerprint density at radius 1 is 1.03 bits per heavy atom. The monoisotopic (exact) mass is 480 g/mol. The maximum Gasteiger partial charge on any atom is 0.225 e. The molecule has 0 N–H and O–H groups in total. The number of aryl methyl sites for hydroxylation is 2. The topological polar surface area (TPSA) is 57.0 Å². The van der Waals surface area contributed by atoms with Crippen molar-refractivity contribution in [2.75, 3.05) is 50.7 Å². The van der Waals surface area contributed by atoms with Gasteiger partial charge < -0.3 is 14.7 Å². The molecule has 2 aromatic heterocycles. The van der Waals surface area contributed by atoms with Gasteiger partial charge in [-0.15, -0.1) is 0 Å². The summed E-state index contributed by atoms with van der Waals surface area (Å²) >= 11 is 6.11. The molecule has 4 heterocycles. The molecule has 1 amide bonds. The fourth-order valence-corrected chi connectivity index (χ4v) is 5.43. The predicted octanol–water partition coefficient (Wildman–Crippen LogP) is 4.05. The van der Waals surface area contributed by atoms with Crippen LogP contribution in [0.4, 0.5) is 5.82 Å². The molecule has 1 aromatic carbocycles. The molecule has 0 bridgehead atoms. The van der Waals surface area contributed by atoms with Gasteiger partial charge in [0.25, 0.3) is 0 Å². The highest BCUT2D eigenvalue weighted by atomic mass is 35.5. The number of carbonyl (C=O) groups is 1. The lowest BCUT2D eigenvalue weighted by Crippen LogP contribution is -2.51. The number of nitrogens with zero attached hydrogens (tertiary/aromatic N) is 6. The summed E-state index contributed by atoms with van der Waals surface area (Å²) in [5.74, 6) is 1.51. The number of amides is 1. The Morgan fingerprint density at radius 3 is 2.35 bits per heavy atom. The van der Waals surface area contributed by atoms with Gasteiger partial charge >= 0.3 is 0 Å². The molecule has 2 fully saturated rings. The maximum absolute atomic E-state index is 13.1. The number of fused-ring (bicyclic) bond motifs is 1. The van der Waals surface area contributed by atoms with Crippen LogP contribution < -0.4 is 4.90 Å². The molecule has 8 heteroatoms. The summed E-state index contributed by atoms with van der Waals surface area (Å²) < 4.78 is 1.97. The Kier molecular flexibility index (Phi) is 6.49.